The molecule has 0 saturated carbocycles. The quantitative estimate of drug-likeness (QED) is 0.862. The number of primary sulfonamides is 1. The van der Waals surface area contributed by atoms with Gasteiger partial charge in [0.25, 0.3) is 5.91 Å². The molecule has 2 N–H and O–H groups in total. The number of rotatable bonds is 2. The lowest BCUT2D eigenvalue weighted by Crippen LogP contribution is -2.41. The predicted octanol–water partition coefficient (Wildman–Crippen LogP) is 2.36. The number of hydrogen-bond donors (Lipinski definition) is 1. The molecule has 1 aliphatic rings. The molecule has 0 spiro atoms. The van der Waals surface area contributed by atoms with E-state index in [-0.39, 0.29) is 16.2 Å². The first kappa shape index (κ1) is 16.5. The van der Waals surface area contributed by atoms with Crippen LogP contribution in [-0.2, 0) is 10.0 Å². The third-order valence-electron chi connectivity index (χ3n) is 3.85. The largest absolute Gasteiger partial charge is 0.339 e. The zero-order chi connectivity index (χ0) is 15.8. The van der Waals surface area contributed by atoms with E-state index in [4.69, 9.17) is 5.14 Å². The first-order valence-corrected chi connectivity index (χ1v) is 9.05. The summed E-state index contributed by atoms with van der Waals surface area (Å²) in [5.74, 6) is -0.156. The summed E-state index contributed by atoms with van der Waals surface area (Å²) in [4.78, 5) is 14.2. The molecule has 0 aliphatic carbocycles. The number of amides is 1. The van der Waals surface area contributed by atoms with Gasteiger partial charge in [0.05, 0.1) is 4.90 Å². The molecule has 2 rings (SSSR count). The molecule has 0 radical (unpaired) electrons. The highest BCUT2D eigenvalue weighted by Gasteiger charge is 2.28. The Morgan fingerprint density at radius 3 is 2.33 bits per heavy atom. The third kappa shape index (κ3) is 4.05. The molecule has 1 aromatic rings. The van der Waals surface area contributed by atoms with Crippen LogP contribution in [0.15, 0.2) is 27.6 Å². The lowest BCUT2D eigenvalue weighted by Gasteiger charge is -2.37. The predicted molar refractivity (Wildman–Crippen MR) is 84.4 cm³/mol. The lowest BCUT2D eigenvalue weighted by atomic mass is 9.82. The average molecular weight is 375 g/mol. The normalized spacial score (nSPS) is 18.6. The van der Waals surface area contributed by atoms with Crippen LogP contribution in [0.2, 0.25) is 0 Å². The minimum atomic E-state index is -3.83. The molecular formula is C14H19BrN2O3S. The summed E-state index contributed by atoms with van der Waals surface area (Å²) in [5.41, 5.74) is 0.591. The molecule has 1 amide bonds. The molecule has 0 atom stereocenters. The van der Waals surface area contributed by atoms with Crippen molar-refractivity contribution in [3.63, 3.8) is 0 Å². The Balaban J connectivity index is 2.26. The molecule has 0 bridgehead atoms. The van der Waals surface area contributed by atoms with Crippen molar-refractivity contribution in [2.45, 2.75) is 31.6 Å². The molecule has 21 heavy (non-hydrogen) atoms. The Hall–Kier alpha value is -0.920. The van der Waals surface area contributed by atoms with E-state index in [1.165, 1.54) is 12.1 Å². The summed E-state index contributed by atoms with van der Waals surface area (Å²) < 4.78 is 23.4. The number of sulfonamides is 1. The van der Waals surface area contributed by atoms with E-state index in [2.05, 4.69) is 29.8 Å². The first-order valence-electron chi connectivity index (χ1n) is 6.71. The van der Waals surface area contributed by atoms with Crippen LogP contribution in [0, 0.1) is 5.41 Å². The van der Waals surface area contributed by atoms with Gasteiger partial charge >= 0.3 is 0 Å². The summed E-state index contributed by atoms with van der Waals surface area (Å²) in [6.07, 6.45) is 1.88. The van der Waals surface area contributed by atoms with E-state index >= 15 is 0 Å². The fourth-order valence-corrected chi connectivity index (χ4v) is 3.58. The molecule has 0 unspecified atom stereocenters. The molecule has 1 aromatic carbocycles. The maximum atomic E-state index is 12.5. The number of nitrogens with zero attached hydrogens (tertiary/aromatic N) is 1. The van der Waals surface area contributed by atoms with Gasteiger partial charge in [-0.25, -0.2) is 13.6 Å². The highest BCUT2D eigenvalue weighted by Crippen LogP contribution is 2.30. The Morgan fingerprint density at radius 1 is 1.24 bits per heavy atom. The molecule has 1 saturated heterocycles. The first-order chi connectivity index (χ1) is 9.58. The molecule has 116 valence electrons. The van der Waals surface area contributed by atoms with E-state index < -0.39 is 10.0 Å². The van der Waals surface area contributed by atoms with Gasteiger partial charge in [-0.3, -0.25) is 4.79 Å². The van der Waals surface area contributed by atoms with E-state index in [1.807, 2.05) is 0 Å². The van der Waals surface area contributed by atoms with Crippen molar-refractivity contribution in [3.8, 4) is 0 Å². The SMILES string of the molecule is CC1(C)CCN(C(=O)c2cc(Br)cc(S(N)(=O)=O)c2)CC1. The maximum Gasteiger partial charge on any atom is 0.253 e. The molecule has 1 fully saturated rings. The number of benzene rings is 1. The van der Waals surface area contributed by atoms with Crippen LogP contribution < -0.4 is 5.14 Å². The number of halogens is 1. The summed E-state index contributed by atoms with van der Waals surface area (Å²) >= 11 is 3.23. The second-order valence-electron chi connectivity index (χ2n) is 6.18. The monoisotopic (exact) mass is 374 g/mol. The Morgan fingerprint density at radius 2 is 1.81 bits per heavy atom. The van der Waals surface area contributed by atoms with Crippen molar-refractivity contribution in [2.24, 2.45) is 10.6 Å². The number of likely N-dealkylation sites (tertiary alicyclic amines) is 1. The van der Waals surface area contributed by atoms with Gasteiger partial charge in [-0.15, -0.1) is 0 Å². The minimum absolute atomic E-state index is 0.0578. The van der Waals surface area contributed by atoms with Crippen molar-refractivity contribution in [2.75, 3.05) is 13.1 Å². The van der Waals surface area contributed by atoms with Gasteiger partial charge in [0.2, 0.25) is 10.0 Å². The zero-order valence-corrected chi connectivity index (χ0v) is 14.5. The van der Waals surface area contributed by atoms with Crippen LogP contribution >= 0.6 is 15.9 Å². The maximum absolute atomic E-state index is 12.5. The van der Waals surface area contributed by atoms with Gasteiger partial charge in [0, 0.05) is 23.1 Å². The van der Waals surface area contributed by atoms with Crippen molar-refractivity contribution >= 4 is 31.9 Å². The van der Waals surface area contributed by atoms with Gasteiger partial charge in [-0.05, 0) is 36.5 Å². The summed E-state index contributed by atoms with van der Waals surface area (Å²) in [7, 11) is -3.83. The second kappa shape index (κ2) is 5.70. The van der Waals surface area contributed by atoms with Crippen molar-refractivity contribution < 1.29 is 13.2 Å². The molecule has 7 heteroatoms. The van der Waals surface area contributed by atoms with Crippen molar-refractivity contribution in [3.05, 3.63) is 28.2 Å². The summed E-state index contributed by atoms with van der Waals surface area (Å²) in [5, 5.41) is 5.14. The van der Waals surface area contributed by atoms with Gasteiger partial charge in [-0.1, -0.05) is 29.8 Å². The van der Waals surface area contributed by atoms with Gasteiger partial charge in [0.1, 0.15) is 0 Å². The number of piperidine rings is 1. The minimum Gasteiger partial charge on any atom is -0.339 e. The number of carbonyl (C=O) groups is 1. The fourth-order valence-electron chi connectivity index (χ4n) is 2.35. The average Bonchev–Trinajstić information content (AvgIpc) is 2.36. The highest BCUT2D eigenvalue weighted by molar-refractivity contribution is 9.10. The second-order valence-corrected chi connectivity index (χ2v) is 8.65. The van der Waals surface area contributed by atoms with Crippen LogP contribution in [0.4, 0.5) is 0 Å². The Kier molecular flexibility index (Phi) is 4.46. The highest BCUT2D eigenvalue weighted by atomic mass is 79.9. The topological polar surface area (TPSA) is 80.5 Å². The van der Waals surface area contributed by atoms with E-state index in [0.717, 1.165) is 12.8 Å². The standard InChI is InChI=1S/C14H19BrN2O3S/c1-14(2)3-5-17(6-4-14)13(18)10-7-11(15)9-12(8-10)21(16,19)20/h7-9H,3-6H2,1-2H3,(H2,16,19,20). The van der Waals surface area contributed by atoms with Crippen LogP contribution in [0.5, 0.6) is 0 Å². The summed E-state index contributed by atoms with van der Waals surface area (Å²) in [6.45, 7) is 5.74. The Labute approximate surface area is 133 Å². The van der Waals surface area contributed by atoms with Gasteiger partial charge in [-0.2, -0.15) is 0 Å². The van der Waals surface area contributed by atoms with E-state index in [0.29, 0.717) is 23.1 Å². The lowest BCUT2D eigenvalue weighted by molar-refractivity contribution is 0.0630. The van der Waals surface area contributed by atoms with Crippen LogP contribution in [0.3, 0.4) is 0 Å². The third-order valence-corrected chi connectivity index (χ3v) is 5.20. The number of carbonyl (C=O) groups excluding carboxylic acids is 1. The smallest absolute Gasteiger partial charge is 0.253 e. The van der Waals surface area contributed by atoms with Crippen LogP contribution in [0.25, 0.3) is 0 Å². The van der Waals surface area contributed by atoms with Crippen LogP contribution in [-0.4, -0.2) is 32.3 Å². The van der Waals surface area contributed by atoms with Crippen molar-refractivity contribution in [1.29, 1.82) is 0 Å². The van der Waals surface area contributed by atoms with Crippen LogP contribution in [0.1, 0.15) is 37.0 Å². The number of hydrogen-bond acceptors (Lipinski definition) is 3. The van der Waals surface area contributed by atoms with E-state index in [1.54, 1.807) is 11.0 Å². The molecule has 5 nitrogen and oxygen atoms in total. The molecular weight excluding hydrogens is 356 g/mol. The van der Waals surface area contributed by atoms with E-state index in [9.17, 15) is 13.2 Å². The summed E-state index contributed by atoms with van der Waals surface area (Å²) in [6, 6.07) is 4.35. The molecule has 1 heterocycles. The Bertz CT molecular complexity index is 661. The molecule has 1 aliphatic heterocycles. The van der Waals surface area contributed by atoms with Crippen molar-refractivity contribution in [1.82, 2.24) is 4.90 Å². The van der Waals surface area contributed by atoms with Gasteiger partial charge in [0.15, 0.2) is 0 Å². The fraction of sp³-hybridized carbons (Fsp3) is 0.500. The zero-order valence-electron chi connectivity index (χ0n) is 12.1. The molecule has 0 aromatic heterocycles. The van der Waals surface area contributed by atoms with Gasteiger partial charge < -0.3 is 4.90 Å². The number of nitrogens with two attached hydrogens (primary N) is 1.